The fourth-order valence-corrected chi connectivity index (χ4v) is 2.13. The third-order valence-electron chi connectivity index (χ3n) is 2.82. The van der Waals surface area contributed by atoms with Gasteiger partial charge in [0.1, 0.15) is 0 Å². The van der Waals surface area contributed by atoms with Crippen molar-refractivity contribution in [1.82, 2.24) is 14.9 Å². The zero-order valence-electron chi connectivity index (χ0n) is 7.97. The highest BCUT2D eigenvalue weighted by Crippen LogP contribution is 2.47. The highest BCUT2D eigenvalue weighted by atomic mass is 35.5. The van der Waals surface area contributed by atoms with Crippen molar-refractivity contribution in [3.8, 4) is 0 Å². The molecule has 2 rings (SSSR count). The Kier molecular flexibility index (Phi) is 2.08. The second kappa shape index (κ2) is 3.00. The minimum Gasteiger partial charge on any atom is -0.332 e. The van der Waals surface area contributed by atoms with Crippen LogP contribution in [-0.2, 0) is 12.1 Å². The van der Waals surface area contributed by atoms with E-state index in [1.54, 1.807) is 0 Å². The van der Waals surface area contributed by atoms with Gasteiger partial charge in [-0.3, -0.25) is 0 Å². The van der Waals surface area contributed by atoms with Gasteiger partial charge in [0.2, 0.25) is 0 Å². The lowest BCUT2D eigenvalue weighted by Crippen LogP contribution is -2.27. The summed E-state index contributed by atoms with van der Waals surface area (Å²) in [6, 6.07) is 0. The number of nitrogens with zero attached hydrogens (tertiary/aromatic N) is 2. The monoisotopic (exact) mass is 199 g/mol. The van der Waals surface area contributed by atoms with Gasteiger partial charge in [-0.15, -0.1) is 0 Å². The van der Waals surface area contributed by atoms with Gasteiger partial charge in [0.25, 0.3) is 0 Å². The zero-order valence-corrected chi connectivity index (χ0v) is 8.73. The minimum atomic E-state index is 0.115. The predicted octanol–water partition coefficient (Wildman–Crippen LogP) is 1.76. The summed E-state index contributed by atoms with van der Waals surface area (Å²) in [6.07, 6.45) is 4.14. The van der Waals surface area contributed by atoms with Gasteiger partial charge in [-0.05, 0) is 26.8 Å². The fourth-order valence-electron chi connectivity index (χ4n) is 1.80. The predicted molar refractivity (Wildman–Crippen MR) is 52.9 cm³/mol. The molecule has 72 valence electrons. The smallest absolute Gasteiger partial charge is 0.152 e. The van der Waals surface area contributed by atoms with E-state index in [1.165, 1.54) is 0 Å². The molecule has 1 heterocycles. The molecule has 0 radical (unpaired) electrons. The van der Waals surface area contributed by atoms with Crippen LogP contribution in [0.25, 0.3) is 0 Å². The molecule has 0 atom stereocenters. The molecule has 1 aliphatic rings. The molecule has 0 saturated heterocycles. The van der Waals surface area contributed by atoms with Crippen LogP contribution in [0.2, 0.25) is 5.15 Å². The number of nitrogens with one attached hydrogen (secondary N) is 1. The van der Waals surface area contributed by atoms with Crippen LogP contribution in [0.4, 0.5) is 0 Å². The van der Waals surface area contributed by atoms with Crippen molar-refractivity contribution in [2.45, 2.75) is 31.8 Å². The molecule has 0 spiro atoms. The number of rotatable bonds is 3. The molecule has 0 amide bonds. The van der Waals surface area contributed by atoms with Crippen molar-refractivity contribution in [1.29, 1.82) is 0 Å². The lowest BCUT2D eigenvalue weighted by molar-refractivity contribution is 0.529. The Morgan fingerprint density at radius 3 is 2.85 bits per heavy atom. The molecule has 1 aromatic heterocycles. The van der Waals surface area contributed by atoms with Gasteiger partial charge in [0, 0.05) is 6.54 Å². The Labute approximate surface area is 83.1 Å². The Hall–Kier alpha value is -0.540. The molecule has 0 unspecified atom stereocenters. The van der Waals surface area contributed by atoms with Gasteiger partial charge >= 0.3 is 0 Å². The number of aromatic nitrogens is 2. The quantitative estimate of drug-likeness (QED) is 0.804. The minimum absolute atomic E-state index is 0.115. The number of imidazole rings is 1. The molecule has 3 nitrogen and oxygen atoms in total. The largest absolute Gasteiger partial charge is 0.332 e. The number of hydrogen-bond donors (Lipinski definition) is 1. The van der Waals surface area contributed by atoms with Crippen LogP contribution in [0.3, 0.4) is 0 Å². The van der Waals surface area contributed by atoms with Crippen molar-refractivity contribution < 1.29 is 0 Å². The molecule has 0 bridgehead atoms. The molecule has 13 heavy (non-hydrogen) atoms. The number of aryl methyl sites for hydroxylation is 1. The highest BCUT2D eigenvalue weighted by molar-refractivity contribution is 6.30. The first-order valence-corrected chi connectivity index (χ1v) is 5.01. The molecule has 0 aromatic carbocycles. The standard InChI is InChI=1S/C9H14ClN3/c1-3-13-6-12-8(10)7(13)9(11-2)4-5-9/h6,11H,3-5H2,1-2H3. The number of hydrogen-bond acceptors (Lipinski definition) is 2. The Morgan fingerprint density at radius 1 is 1.69 bits per heavy atom. The van der Waals surface area contributed by atoms with Crippen LogP contribution in [0.5, 0.6) is 0 Å². The molecule has 1 aromatic rings. The molecule has 4 heteroatoms. The summed E-state index contributed by atoms with van der Waals surface area (Å²) >= 11 is 6.06. The summed E-state index contributed by atoms with van der Waals surface area (Å²) in [4.78, 5) is 4.13. The van der Waals surface area contributed by atoms with Crippen molar-refractivity contribution in [3.05, 3.63) is 17.2 Å². The summed E-state index contributed by atoms with van der Waals surface area (Å²) in [7, 11) is 1.98. The first-order chi connectivity index (χ1) is 6.23. The maximum absolute atomic E-state index is 6.06. The normalized spacial score (nSPS) is 19.0. The van der Waals surface area contributed by atoms with Crippen LogP contribution < -0.4 is 5.32 Å². The third-order valence-corrected chi connectivity index (χ3v) is 3.09. The molecular formula is C9H14ClN3. The highest BCUT2D eigenvalue weighted by Gasteiger charge is 2.46. The maximum atomic E-state index is 6.06. The van der Waals surface area contributed by atoms with Crippen LogP contribution >= 0.6 is 11.6 Å². The molecular weight excluding hydrogens is 186 g/mol. The maximum Gasteiger partial charge on any atom is 0.152 e. The summed E-state index contributed by atoms with van der Waals surface area (Å²) in [5.74, 6) is 0. The first kappa shape index (κ1) is 9.03. The third kappa shape index (κ3) is 1.27. The van der Waals surface area contributed by atoms with Crippen molar-refractivity contribution in [2.24, 2.45) is 0 Å². The topological polar surface area (TPSA) is 29.9 Å². The fraction of sp³-hybridized carbons (Fsp3) is 0.667. The molecule has 1 N–H and O–H groups in total. The van der Waals surface area contributed by atoms with E-state index in [2.05, 4.69) is 21.8 Å². The first-order valence-electron chi connectivity index (χ1n) is 4.63. The van der Waals surface area contributed by atoms with E-state index >= 15 is 0 Å². The van der Waals surface area contributed by atoms with Crippen LogP contribution in [0.15, 0.2) is 6.33 Å². The van der Waals surface area contributed by atoms with Gasteiger partial charge in [0.05, 0.1) is 17.6 Å². The van der Waals surface area contributed by atoms with Crippen LogP contribution in [0, 0.1) is 0 Å². The Balaban J connectivity index is 2.43. The van der Waals surface area contributed by atoms with E-state index in [0.29, 0.717) is 5.15 Å². The Bertz CT molecular complexity index is 315. The average molecular weight is 200 g/mol. The molecule has 1 fully saturated rings. The summed E-state index contributed by atoms with van der Waals surface area (Å²) in [6.45, 7) is 3.03. The number of halogens is 1. The van der Waals surface area contributed by atoms with Gasteiger partial charge in [-0.2, -0.15) is 0 Å². The van der Waals surface area contributed by atoms with Crippen molar-refractivity contribution in [2.75, 3.05) is 7.05 Å². The van der Waals surface area contributed by atoms with Gasteiger partial charge in [-0.1, -0.05) is 11.6 Å². The van der Waals surface area contributed by atoms with E-state index in [1.807, 2.05) is 13.4 Å². The van der Waals surface area contributed by atoms with Crippen molar-refractivity contribution >= 4 is 11.6 Å². The van der Waals surface area contributed by atoms with Crippen LogP contribution in [0.1, 0.15) is 25.5 Å². The van der Waals surface area contributed by atoms with E-state index in [9.17, 15) is 0 Å². The van der Waals surface area contributed by atoms with Gasteiger partial charge in [0.15, 0.2) is 5.15 Å². The average Bonchev–Trinajstić information content (AvgIpc) is 2.85. The van der Waals surface area contributed by atoms with Crippen LogP contribution in [-0.4, -0.2) is 16.6 Å². The zero-order chi connectivity index (χ0) is 9.47. The van der Waals surface area contributed by atoms with Gasteiger partial charge < -0.3 is 9.88 Å². The summed E-state index contributed by atoms with van der Waals surface area (Å²) in [5, 5.41) is 3.97. The Morgan fingerprint density at radius 2 is 2.38 bits per heavy atom. The van der Waals surface area contributed by atoms with Crippen molar-refractivity contribution in [3.63, 3.8) is 0 Å². The molecule has 1 saturated carbocycles. The lowest BCUT2D eigenvalue weighted by atomic mass is 10.2. The second-order valence-electron chi connectivity index (χ2n) is 3.50. The van der Waals surface area contributed by atoms with E-state index in [-0.39, 0.29) is 5.54 Å². The van der Waals surface area contributed by atoms with E-state index < -0.39 is 0 Å². The SMILES string of the molecule is CCn1cnc(Cl)c1C1(NC)CC1. The molecule has 0 aliphatic heterocycles. The summed E-state index contributed by atoms with van der Waals surface area (Å²) in [5.41, 5.74) is 1.27. The molecule has 1 aliphatic carbocycles. The van der Waals surface area contributed by atoms with E-state index in [4.69, 9.17) is 11.6 Å². The van der Waals surface area contributed by atoms with Gasteiger partial charge in [-0.25, -0.2) is 4.98 Å². The van der Waals surface area contributed by atoms with E-state index in [0.717, 1.165) is 25.1 Å². The lowest BCUT2D eigenvalue weighted by Gasteiger charge is -2.16. The summed E-state index contributed by atoms with van der Waals surface area (Å²) < 4.78 is 2.12. The second-order valence-corrected chi connectivity index (χ2v) is 3.86.